The van der Waals surface area contributed by atoms with Gasteiger partial charge in [-0.3, -0.25) is 15.6 Å². The van der Waals surface area contributed by atoms with Crippen molar-refractivity contribution in [2.45, 2.75) is 4.90 Å². The molecule has 5 nitrogen and oxygen atoms in total. The lowest BCUT2D eigenvalue weighted by molar-refractivity contribution is -0.119. The van der Waals surface area contributed by atoms with Gasteiger partial charge < -0.3 is 0 Å². The van der Waals surface area contributed by atoms with E-state index in [2.05, 4.69) is 35.7 Å². The Balaban J connectivity index is 2.73. The van der Waals surface area contributed by atoms with Crippen molar-refractivity contribution in [1.82, 2.24) is 10.9 Å². The number of benzene rings is 1. The molecule has 0 saturated carbocycles. The zero-order valence-electron chi connectivity index (χ0n) is 8.88. The summed E-state index contributed by atoms with van der Waals surface area (Å²) in [4.78, 5) is 11.4. The van der Waals surface area contributed by atoms with E-state index in [-0.39, 0.29) is 9.22 Å². The largest absolute Gasteiger partial charge is 0.283 e. The number of sulfone groups is 1. The fraction of sp³-hybridized carbons (Fsp3) is 0.111. The number of thiol groups is 1. The van der Waals surface area contributed by atoms with Gasteiger partial charge in [0, 0.05) is 5.02 Å². The van der Waals surface area contributed by atoms with E-state index in [0.29, 0.717) is 5.02 Å². The van der Waals surface area contributed by atoms with Crippen LogP contribution in [0.3, 0.4) is 0 Å². The van der Waals surface area contributed by atoms with E-state index in [1.54, 1.807) is 0 Å². The first-order valence-corrected chi connectivity index (χ1v) is 7.46. The Kier molecular flexibility index (Phi) is 5.39. The number of halogens is 1. The maximum atomic E-state index is 11.8. The normalized spacial score (nSPS) is 10.8. The third-order valence-electron chi connectivity index (χ3n) is 1.80. The zero-order valence-corrected chi connectivity index (χ0v) is 12.2. The van der Waals surface area contributed by atoms with Gasteiger partial charge in [0.15, 0.2) is 9.84 Å². The van der Waals surface area contributed by atoms with Gasteiger partial charge >= 0.3 is 0 Å². The maximum absolute atomic E-state index is 11.8. The smallest absolute Gasteiger partial charge is 0.253 e. The van der Waals surface area contributed by atoms with Crippen molar-refractivity contribution in [3.8, 4) is 0 Å². The Morgan fingerprint density at radius 1 is 1.28 bits per heavy atom. The van der Waals surface area contributed by atoms with Gasteiger partial charge in [-0.05, 0) is 24.3 Å². The highest BCUT2D eigenvalue weighted by Crippen LogP contribution is 2.15. The second kappa shape index (κ2) is 6.37. The number of nitrogens with one attached hydrogen (secondary N) is 2. The number of carbonyl (C=O) groups excluding carboxylic acids is 1. The standard InChI is InChI=1S/C9H9ClN2O3S3/c10-6-1-3-7(4-2-6)18(14,15)5-8(13)11-12-9(16)17/h1-4H,5H2,(H,11,13)(H2,12,16,17). The highest BCUT2D eigenvalue weighted by molar-refractivity contribution is 8.11. The minimum absolute atomic E-state index is 0.0236. The molecular weight excluding hydrogens is 316 g/mol. The van der Waals surface area contributed by atoms with Crippen LogP contribution in [0.1, 0.15) is 0 Å². The Labute approximate surface area is 120 Å². The molecule has 0 saturated heterocycles. The number of thiocarbonyl (C=S) groups is 1. The highest BCUT2D eigenvalue weighted by Gasteiger charge is 2.19. The fourth-order valence-electron chi connectivity index (χ4n) is 1.06. The van der Waals surface area contributed by atoms with Crippen molar-refractivity contribution < 1.29 is 13.2 Å². The van der Waals surface area contributed by atoms with Crippen LogP contribution in [-0.2, 0) is 14.6 Å². The van der Waals surface area contributed by atoms with Crippen LogP contribution in [0.4, 0.5) is 0 Å². The third kappa shape index (κ3) is 4.81. The lowest BCUT2D eigenvalue weighted by Gasteiger charge is -2.07. The summed E-state index contributed by atoms with van der Waals surface area (Å²) in [5.74, 6) is -1.43. The lowest BCUT2D eigenvalue weighted by atomic mass is 10.4. The summed E-state index contributed by atoms with van der Waals surface area (Å²) < 4.78 is 23.7. The first-order valence-electron chi connectivity index (χ1n) is 4.57. The molecule has 0 fully saturated rings. The average Bonchev–Trinajstić information content (AvgIpc) is 2.26. The molecule has 1 rings (SSSR count). The monoisotopic (exact) mass is 324 g/mol. The molecule has 0 aromatic heterocycles. The quantitative estimate of drug-likeness (QED) is 0.438. The van der Waals surface area contributed by atoms with Gasteiger partial charge in [-0.2, -0.15) is 0 Å². The van der Waals surface area contributed by atoms with Crippen LogP contribution in [-0.4, -0.2) is 24.4 Å². The van der Waals surface area contributed by atoms with Crippen molar-refractivity contribution in [1.29, 1.82) is 0 Å². The SMILES string of the molecule is O=C(CS(=O)(=O)c1ccc(Cl)cc1)NNC(=S)S. The molecule has 2 N–H and O–H groups in total. The third-order valence-corrected chi connectivity index (χ3v) is 3.90. The molecule has 0 aliphatic rings. The van der Waals surface area contributed by atoms with Gasteiger partial charge in [0.05, 0.1) is 4.90 Å². The molecule has 0 spiro atoms. The van der Waals surface area contributed by atoms with Crippen LogP contribution >= 0.6 is 36.4 Å². The molecule has 1 amide bonds. The molecule has 0 aliphatic heterocycles. The first kappa shape index (κ1) is 15.2. The van der Waals surface area contributed by atoms with Gasteiger partial charge in [0.25, 0.3) is 5.91 Å². The van der Waals surface area contributed by atoms with Gasteiger partial charge in [0.1, 0.15) is 10.1 Å². The molecule has 9 heteroatoms. The Hall–Kier alpha value is -0.830. The van der Waals surface area contributed by atoms with Gasteiger partial charge in [-0.1, -0.05) is 23.8 Å². The summed E-state index contributed by atoms with van der Waals surface area (Å²) in [6.07, 6.45) is 0. The van der Waals surface area contributed by atoms with Crippen LogP contribution in [0, 0.1) is 0 Å². The van der Waals surface area contributed by atoms with E-state index < -0.39 is 21.5 Å². The predicted molar refractivity (Wildman–Crippen MR) is 76.4 cm³/mol. The van der Waals surface area contributed by atoms with E-state index in [1.807, 2.05) is 0 Å². The van der Waals surface area contributed by atoms with Crippen molar-refractivity contribution in [2.75, 3.05) is 5.75 Å². The molecule has 98 valence electrons. The van der Waals surface area contributed by atoms with Crippen LogP contribution in [0.15, 0.2) is 29.2 Å². The number of hydrogen-bond donors (Lipinski definition) is 3. The average molecular weight is 325 g/mol. The first-order chi connectivity index (χ1) is 8.31. The number of carbonyl (C=O) groups is 1. The van der Waals surface area contributed by atoms with Gasteiger partial charge in [0.2, 0.25) is 0 Å². The number of hydrogen-bond acceptors (Lipinski definition) is 4. The Morgan fingerprint density at radius 3 is 2.33 bits per heavy atom. The van der Waals surface area contributed by atoms with Crippen molar-refractivity contribution in [3.63, 3.8) is 0 Å². The zero-order chi connectivity index (χ0) is 13.8. The van der Waals surface area contributed by atoms with E-state index in [4.69, 9.17) is 11.6 Å². The number of amides is 1. The molecule has 1 aromatic carbocycles. The summed E-state index contributed by atoms with van der Waals surface area (Å²) in [5.41, 5.74) is 4.35. The summed E-state index contributed by atoms with van der Waals surface area (Å²) in [7, 11) is -3.70. The van der Waals surface area contributed by atoms with E-state index in [1.165, 1.54) is 24.3 Å². The van der Waals surface area contributed by atoms with E-state index in [9.17, 15) is 13.2 Å². The van der Waals surface area contributed by atoms with E-state index in [0.717, 1.165) is 0 Å². The van der Waals surface area contributed by atoms with Gasteiger partial charge in [-0.25, -0.2) is 8.42 Å². The molecule has 0 aliphatic carbocycles. The maximum Gasteiger partial charge on any atom is 0.253 e. The number of rotatable bonds is 3. The highest BCUT2D eigenvalue weighted by atomic mass is 35.5. The minimum atomic E-state index is -3.70. The Bertz CT molecular complexity index is 557. The lowest BCUT2D eigenvalue weighted by Crippen LogP contribution is -2.41. The molecule has 18 heavy (non-hydrogen) atoms. The summed E-state index contributed by atoms with van der Waals surface area (Å²) >= 11 is 13.9. The molecular formula is C9H9ClN2O3S3. The second-order valence-electron chi connectivity index (χ2n) is 3.19. The van der Waals surface area contributed by atoms with Crippen molar-refractivity contribution >= 4 is 56.5 Å². The van der Waals surface area contributed by atoms with Crippen LogP contribution in [0.5, 0.6) is 0 Å². The predicted octanol–water partition coefficient (Wildman–Crippen LogP) is 0.949. The molecule has 0 radical (unpaired) electrons. The summed E-state index contributed by atoms with van der Waals surface area (Å²) in [6, 6.07) is 5.55. The molecule has 1 aromatic rings. The van der Waals surface area contributed by atoms with Crippen LogP contribution in [0.25, 0.3) is 0 Å². The minimum Gasteiger partial charge on any atom is -0.283 e. The van der Waals surface area contributed by atoms with Crippen molar-refractivity contribution in [2.24, 2.45) is 0 Å². The summed E-state index contributed by atoms with van der Waals surface area (Å²) in [5, 5.41) is 0.417. The van der Waals surface area contributed by atoms with Crippen LogP contribution in [0.2, 0.25) is 5.02 Å². The van der Waals surface area contributed by atoms with Crippen molar-refractivity contribution in [3.05, 3.63) is 29.3 Å². The second-order valence-corrected chi connectivity index (χ2v) is 6.78. The van der Waals surface area contributed by atoms with Crippen LogP contribution < -0.4 is 10.9 Å². The molecule has 0 heterocycles. The Morgan fingerprint density at radius 2 is 1.83 bits per heavy atom. The molecule has 0 atom stereocenters. The molecule has 0 unspecified atom stereocenters. The fourth-order valence-corrected chi connectivity index (χ4v) is 2.42. The van der Waals surface area contributed by atoms with Gasteiger partial charge in [-0.15, -0.1) is 12.6 Å². The topological polar surface area (TPSA) is 75.3 Å². The molecule has 0 bridgehead atoms. The summed E-state index contributed by atoms with van der Waals surface area (Å²) in [6.45, 7) is 0. The van der Waals surface area contributed by atoms with E-state index >= 15 is 0 Å². The number of hydrazine groups is 1.